The minimum atomic E-state index is 0.0391. The lowest BCUT2D eigenvalue weighted by atomic mass is 9.66. The van der Waals surface area contributed by atoms with Crippen LogP contribution in [0.15, 0.2) is 12.2 Å². The average molecular weight is 282 g/mol. The molecule has 1 nitrogen and oxygen atoms in total. The number of hydrogen-bond acceptors (Lipinski definition) is 1. The average Bonchev–Trinajstić information content (AvgIpc) is 2.51. The van der Waals surface area contributed by atoms with Gasteiger partial charge in [0, 0.05) is 7.11 Å². The summed E-state index contributed by atoms with van der Waals surface area (Å²) in [5.74, 6) is 1.50. The first-order valence-corrected chi connectivity index (χ1v) is 9.08. The van der Waals surface area contributed by atoms with Crippen LogP contribution in [-0.4, -0.2) is 18.9 Å². The summed E-state index contributed by atoms with van der Waals surface area (Å²) in [7, 11) is 4.77. The van der Waals surface area contributed by atoms with E-state index in [1.54, 1.807) is 0 Å². The van der Waals surface area contributed by atoms with Gasteiger partial charge in [-0.25, -0.2) is 0 Å². The van der Waals surface area contributed by atoms with E-state index >= 15 is 0 Å². The molecule has 0 aromatic carbocycles. The van der Waals surface area contributed by atoms with Gasteiger partial charge in [-0.05, 0) is 43.7 Å². The van der Waals surface area contributed by atoms with Crippen LogP contribution in [0.25, 0.3) is 0 Å². The Hall–Kier alpha value is 0.130. The van der Waals surface area contributed by atoms with E-state index < -0.39 is 0 Å². The van der Waals surface area contributed by atoms with Crippen molar-refractivity contribution < 1.29 is 4.74 Å². The van der Waals surface area contributed by atoms with E-state index in [9.17, 15) is 0 Å². The SMILES string of the molecule is COC(C=CCP)(C1CCCCC1)C1CCCCC1. The van der Waals surface area contributed by atoms with Gasteiger partial charge in [0.1, 0.15) is 0 Å². The standard InChI is InChI=1S/C17H31OP/c1-18-17(13-8-14-19,15-9-4-2-5-10-15)16-11-6-3-7-12-16/h8,13,15-16H,2-7,9-12,14,19H2,1H3. The minimum absolute atomic E-state index is 0.0391. The Labute approximate surface area is 121 Å². The molecule has 2 heteroatoms. The van der Waals surface area contributed by atoms with Gasteiger partial charge in [-0.3, -0.25) is 0 Å². The van der Waals surface area contributed by atoms with Crippen LogP contribution in [0, 0.1) is 11.8 Å². The molecule has 0 amide bonds. The molecule has 0 bridgehead atoms. The summed E-state index contributed by atoms with van der Waals surface area (Å²) in [4.78, 5) is 0. The highest BCUT2D eigenvalue weighted by atomic mass is 31.0. The molecule has 2 fully saturated rings. The Morgan fingerprint density at radius 2 is 1.42 bits per heavy atom. The Bertz CT molecular complexity index is 257. The second-order valence-electron chi connectivity index (χ2n) is 6.37. The predicted octanol–water partition coefficient (Wildman–Crippen LogP) is 4.96. The largest absolute Gasteiger partial charge is 0.374 e. The van der Waals surface area contributed by atoms with Gasteiger partial charge in [0.25, 0.3) is 0 Å². The highest BCUT2D eigenvalue weighted by Crippen LogP contribution is 2.45. The smallest absolute Gasteiger partial charge is 0.0914 e. The minimum Gasteiger partial charge on any atom is -0.374 e. The van der Waals surface area contributed by atoms with Crippen molar-refractivity contribution in [2.75, 3.05) is 13.3 Å². The molecule has 19 heavy (non-hydrogen) atoms. The second kappa shape index (κ2) is 7.79. The fraction of sp³-hybridized carbons (Fsp3) is 0.882. The van der Waals surface area contributed by atoms with Crippen molar-refractivity contribution in [3.63, 3.8) is 0 Å². The third-order valence-corrected chi connectivity index (χ3v) is 5.63. The zero-order valence-corrected chi connectivity index (χ0v) is 13.7. The van der Waals surface area contributed by atoms with E-state index in [-0.39, 0.29) is 5.60 Å². The summed E-state index contributed by atoms with van der Waals surface area (Å²) in [5.41, 5.74) is 0.0391. The molecule has 0 heterocycles. The molecule has 2 aliphatic rings. The second-order valence-corrected chi connectivity index (χ2v) is 6.84. The maximum Gasteiger partial charge on any atom is 0.0914 e. The molecule has 0 saturated heterocycles. The van der Waals surface area contributed by atoms with Crippen molar-refractivity contribution in [3.8, 4) is 0 Å². The first kappa shape index (κ1) is 15.5. The lowest BCUT2D eigenvalue weighted by Crippen LogP contribution is -2.47. The van der Waals surface area contributed by atoms with Crippen molar-refractivity contribution in [2.45, 2.75) is 69.8 Å². The van der Waals surface area contributed by atoms with Gasteiger partial charge in [-0.1, -0.05) is 50.7 Å². The molecule has 0 spiro atoms. The summed E-state index contributed by atoms with van der Waals surface area (Å²) in [6.45, 7) is 0. The summed E-state index contributed by atoms with van der Waals surface area (Å²) in [6, 6.07) is 0. The van der Waals surface area contributed by atoms with Crippen molar-refractivity contribution in [3.05, 3.63) is 12.2 Å². The van der Waals surface area contributed by atoms with E-state index in [0.29, 0.717) is 0 Å². The van der Waals surface area contributed by atoms with Crippen molar-refractivity contribution in [2.24, 2.45) is 11.8 Å². The topological polar surface area (TPSA) is 9.23 Å². The van der Waals surface area contributed by atoms with E-state index in [4.69, 9.17) is 4.74 Å². The van der Waals surface area contributed by atoms with Crippen LogP contribution in [-0.2, 0) is 4.74 Å². The van der Waals surface area contributed by atoms with Crippen LogP contribution < -0.4 is 0 Å². The van der Waals surface area contributed by atoms with Crippen LogP contribution in [0.2, 0.25) is 0 Å². The van der Waals surface area contributed by atoms with Crippen molar-refractivity contribution in [1.82, 2.24) is 0 Å². The van der Waals surface area contributed by atoms with Crippen molar-refractivity contribution >= 4 is 9.24 Å². The third-order valence-electron chi connectivity index (χ3n) is 5.35. The number of methoxy groups -OCH3 is 1. The summed E-state index contributed by atoms with van der Waals surface area (Å²) < 4.78 is 6.22. The maximum atomic E-state index is 6.22. The number of ether oxygens (including phenoxy) is 1. The molecule has 110 valence electrons. The summed E-state index contributed by atoms with van der Waals surface area (Å²) >= 11 is 0. The van der Waals surface area contributed by atoms with E-state index in [0.717, 1.165) is 18.0 Å². The van der Waals surface area contributed by atoms with Crippen LogP contribution >= 0.6 is 9.24 Å². The number of rotatable bonds is 5. The van der Waals surface area contributed by atoms with Crippen LogP contribution in [0.1, 0.15) is 64.2 Å². The third kappa shape index (κ3) is 3.61. The zero-order chi connectivity index (χ0) is 13.6. The molecule has 1 unspecified atom stereocenters. The molecule has 2 rings (SSSR count). The molecule has 0 aromatic rings. The molecule has 0 aliphatic heterocycles. The number of allylic oxidation sites excluding steroid dienone is 1. The van der Waals surface area contributed by atoms with Crippen molar-refractivity contribution in [1.29, 1.82) is 0 Å². The lowest BCUT2D eigenvalue weighted by molar-refractivity contribution is -0.0836. The van der Waals surface area contributed by atoms with Gasteiger partial charge < -0.3 is 4.74 Å². The molecular formula is C17H31OP. The lowest BCUT2D eigenvalue weighted by Gasteiger charge is -2.46. The molecule has 2 aliphatic carbocycles. The fourth-order valence-electron chi connectivity index (χ4n) is 4.37. The van der Waals surface area contributed by atoms with E-state index in [1.807, 2.05) is 7.11 Å². The van der Waals surface area contributed by atoms with Gasteiger partial charge in [-0.2, -0.15) is 0 Å². The van der Waals surface area contributed by atoms with Crippen LogP contribution in [0.4, 0.5) is 0 Å². The van der Waals surface area contributed by atoms with Gasteiger partial charge in [0.2, 0.25) is 0 Å². The maximum absolute atomic E-state index is 6.22. The first-order valence-electron chi connectivity index (χ1n) is 8.26. The van der Waals surface area contributed by atoms with Crippen LogP contribution in [0.3, 0.4) is 0 Å². The highest BCUT2D eigenvalue weighted by molar-refractivity contribution is 7.16. The molecule has 2 saturated carbocycles. The Balaban J connectivity index is 2.20. The molecular weight excluding hydrogens is 251 g/mol. The van der Waals surface area contributed by atoms with Gasteiger partial charge in [0.05, 0.1) is 5.60 Å². The zero-order valence-electron chi connectivity index (χ0n) is 12.6. The number of hydrogen-bond donors (Lipinski definition) is 0. The monoisotopic (exact) mass is 282 g/mol. The van der Waals surface area contributed by atoms with Crippen LogP contribution in [0.5, 0.6) is 0 Å². The molecule has 0 radical (unpaired) electrons. The summed E-state index contributed by atoms with van der Waals surface area (Å²) in [6.07, 6.45) is 19.7. The Kier molecular flexibility index (Phi) is 6.36. The van der Waals surface area contributed by atoms with Gasteiger partial charge in [0.15, 0.2) is 0 Å². The highest BCUT2D eigenvalue weighted by Gasteiger charge is 2.43. The fourth-order valence-corrected chi connectivity index (χ4v) is 4.50. The quantitative estimate of drug-likeness (QED) is 0.511. The van der Waals surface area contributed by atoms with Gasteiger partial charge >= 0.3 is 0 Å². The Morgan fingerprint density at radius 3 is 1.79 bits per heavy atom. The first-order chi connectivity index (χ1) is 9.33. The molecule has 1 atom stereocenters. The summed E-state index contributed by atoms with van der Waals surface area (Å²) in [5, 5.41) is 0. The van der Waals surface area contributed by atoms with E-state index in [2.05, 4.69) is 21.4 Å². The Morgan fingerprint density at radius 1 is 0.947 bits per heavy atom. The van der Waals surface area contributed by atoms with Gasteiger partial charge in [-0.15, -0.1) is 9.24 Å². The molecule has 0 N–H and O–H groups in total. The van der Waals surface area contributed by atoms with E-state index in [1.165, 1.54) is 64.2 Å². The normalized spacial score (nSPS) is 24.1. The molecule has 0 aromatic heterocycles. The predicted molar refractivity (Wildman–Crippen MR) is 86.6 cm³/mol.